The summed E-state index contributed by atoms with van der Waals surface area (Å²) in [6.07, 6.45) is 0. The fourth-order valence-electron chi connectivity index (χ4n) is 0.817. The number of aromatic nitrogens is 2. The Morgan fingerprint density at radius 1 is 1.58 bits per heavy atom. The first kappa shape index (κ1) is 10.6. The fraction of sp³-hybridized carbons (Fsp3) is 0.571. The van der Waals surface area contributed by atoms with Crippen LogP contribution < -0.4 is 0 Å². The van der Waals surface area contributed by atoms with Gasteiger partial charge in [0.2, 0.25) is 0 Å². The topological polar surface area (TPSA) is 17.8 Å². The summed E-state index contributed by atoms with van der Waals surface area (Å²) in [5, 5.41) is 4.26. The Labute approximate surface area is 93.4 Å². The first-order valence-electron chi connectivity index (χ1n) is 3.70. The maximum absolute atomic E-state index is 4.26. The van der Waals surface area contributed by atoms with Gasteiger partial charge in [0.15, 0.2) is 0 Å². The standard InChI is InChI=1S/C7H10Br2N2S/c1-2-12-4-3-11-7(9)5-6(8)10-11/h5H,2-4H2,1H3. The van der Waals surface area contributed by atoms with Crippen LogP contribution in [0.25, 0.3) is 0 Å². The van der Waals surface area contributed by atoms with Gasteiger partial charge in [0.1, 0.15) is 9.21 Å². The molecule has 0 radical (unpaired) electrons. The molecule has 0 saturated carbocycles. The van der Waals surface area contributed by atoms with Gasteiger partial charge >= 0.3 is 0 Å². The highest BCUT2D eigenvalue weighted by atomic mass is 79.9. The van der Waals surface area contributed by atoms with Crippen molar-refractivity contribution in [3.8, 4) is 0 Å². The normalized spacial score (nSPS) is 10.6. The highest BCUT2D eigenvalue weighted by Crippen LogP contribution is 2.16. The Hall–Kier alpha value is 0.520. The van der Waals surface area contributed by atoms with E-state index in [0.29, 0.717) is 0 Å². The minimum Gasteiger partial charge on any atom is -0.257 e. The maximum atomic E-state index is 4.26. The van der Waals surface area contributed by atoms with Gasteiger partial charge in [0.05, 0.1) is 6.54 Å². The second kappa shape index (κ2) is 5.29. The van der Waals surface area contributed by atoms with Gasteiger partial charge in [-0.3, -0.25) is 4.68 Å². The van der Waals surface area contributed by atoms with Crippen LogP contribution in [0, 0.1) is 0 Å². The monoisotopic (exact) mass is 312 g/mol. The lowest BCUT2D eigenvalue weighted by molar-refractivity contribution is 0.648. The number of nitrogens with zero attached hydrogens (tertiary/aromatic N) is 2. The van der Waals surface area contributed by atoms with E-state index >= 15 is 0 Å². The number of halogens is 2. The van der Waals surface area contributed by atoms with Crippen molar-refractivity contribution in [3.63, 3.8) is 0 Å². The molecule has 0 bridgehead atoms. The lowest BCUT2D eigenvalue weighted by Gasteiger charge is -2.00. The molecule has 0 saturated heterocycles. The molecule has 0 aromatic carbocycles. The Balaban J connectivity index is 2.45. The first-order chi connectivity index (χ1) is 5.74. The predicted octanol–water partition coefficient (Wildman–Crippen LogP) is 3.16. The number of thioether (sulfide) groups is 1. The zero-order valence-corrected chi connectivity index (χ0v) is 10.7. The molecule has 5 heteroatoms. The molecule has 0 unspecified atom stereocenters. The van der Waals surface area contributed by atoms with E-state index in [1.165, 1.54) is 5.75 Å². The number of hydrogen-bond acceptors (Lipinski definition) is 2. The van der Waals surface area contributed by atoms with Gasteiger partial charge in [0.25, 0.3) is 0 Å². The maximum Gasteiger partial charge on any atom is 0.129 e. The van der Waals surface area contributed by atoms with Crippen LogP contribution in [0.3, 0.4) is 0 Å². The Kier molecular flexibility index (Phi) is 4.68. The molecule has 1 rings (SSSR count). The molecule has 2 nitrogen and oxygen atoms in total. The summed E-state index contributed by atoms with van der Waals surface area (Å²) in [5.41, 5.74) is 0. The van der Waals surface area contributed by atoms with E-state index in [-0.39, 0.29) is 0 Å². The molecule has 0 amide bonds. The van der Waals surface area contributed by atoms with Gasteiger partial charge < -0.3 is 0 Å². The van der Waals surface area contributed by atoms with Gasteiger partial charge in [-0.1, -0.05) is 6.92 Å². The quantitative estimate of drug-likeness (QED) is 0.795. The highest BCUT2D eigenvalue weighted by Gasteiger charge is 2.01. The molecule has 1 aromatic heterocycles. The Morgan fingerprint density at radius 3 is 2.83 bits per heavy atom. The lowest BCUT2D eigenvalue weighted by atomic mass is 10.7. The van der Waals surface area contributed by atoms with E-state index < -0.39 is 0 Å². The van der Waals surface area contributed by atoms with Crippen molar-refractivity contribution in [1.29, 1.82) is 0 Å². The molecule has 1 heterocycles. The average Bonchev–Trinajstić information content (AvgIpc) is 2.31. The molecule has 1 aromatic rings. The van der Waals surface area contributed by atoms with E-state index in [4.69, 9.17) is 0 Å². The lowest BCUT2D eigenvalue weighted by Crippen LogP contribution is -2.02. The van der Waals surface area contributed by atoms with Gasteiger partial charge in [-0.15, -0.1) is 0 Å². The van der Waals surface area contributed by atoms with Crippen molar-refractivity contribution in [2.45, 2.75) is 13.5 Å². The fourth-order valence-corrected chi connectivity index (χ4v) is 2.60. The van der Waals surface area contributed by atoms with E-state index in [9.17, 15) is 0 Å². The summed E-state index contributed by atoms with van der Waals surface area (Å²) < 4.78 is 3.87. The number of rotatable bonds is 4. The van der Waals surface area contributed by atoms with Crippen LogP contribution in [-0.4, -0.2) is 21.3 Å². The van der Waals surface area contributed by atoms with Gasteiger partial charge in [-0.25, -0.2) is 0 Å². The van der Waals surface area contributed by atoms with Gasteiger partial charge in [-0.05, 0) is 37.6 Å². The molecular weight excluding hydrogens is 304 g/mol. The van der Waals surface area contributed by atoms with Crippen LogP contribution in [0.1, 0.15) is 6.92 Å². The summed E-state index contributed by atoms with van der Waals surface area (Å²) in [7, 11) is 0. The highest BCUT2D eigenvalue weighted by molar-refractivity contribution is 9.11. The third-order valence-corrected chi connectivity index (χ3v) is 3.26. The number of aryl methyl sites for hydroxylation is 1. The van der Waals surface area contributed by atoms with Crippen molar-refractivity contribution >= 4 is 43.6 Å². The van der Waals surface area contributed by atoms with E-state index in [0.717, 1.165) is 21.5 Å². The molecule has 0 aliphatic rings. The predicted molar refractivity (Wildman–Crippen MR) is 60.6 cm³/mol. The van der Waals surface area contributed by atoms with Crippen molar-refractivity contribution in [1.82, 2.24) is 9.78 Å². The second-order valence-electron chi connectivity index (χ2n) is 2.21. The van der Waals surface area contributed by atoms with E-state index in [1.807, 2.05) is 22.5 Å². The van der Waals surface area contributed by atoms with Crippen molar-refractivity contribution < 1.29 is 0 Å². The van der Waals surface area contributed by atoms with Crippen molar-refractivity contribution in [2.75, 3.05) is 11.5 Å². The number of hydrogen-bond donors (Lipinski definition) is 0. The molecule has 0 atom stereocenters. The average molecular weight is 314 g/mol. The zero-order valence-electron chi connectivity index (χ0n) is 6.76. The van der Waals surface area contributed by atoms with Crippen LogP contribution >= 0.6 is 43.6 Å². The minimum absolute atomic E-state index is 0.885. The van der Waals surface area contributed by atoms with E-state index in [2.05, 4.69) is 43.9 Å². The Bertz CT molecular complexity index is 250. The van der Waals surface area contributed by atoms with Crippen LogP contribution in [0.4, 0.5) is 0 Å². The summed E-state index contributed by atoms with van der Waals surface area (Å²) in [6, 6.07) is 1.95. The molecule has 12 heavy (non-hydrogen) atoms. The summed E-state index contributed by atoms with van der Waals surface area (Å²) >= 11 is 8.68. The molecule has 0 N–H and O–H groups in total. The minimum atomic E-state index is 0.885. The summed E-state index contributed by atoms with van der Waals surface area (Å²) in [5.74, 6) is 2.28. The van der Waals surface area contributed by atoms with Crippen molar-refractivity contribution in [3.05, 3.63) is 15.3 Å². The zero-order chi connectivity index (χ0) is 8.97. The molecule has 0 spiro atoms. The molecule has 0 aliphatic carbocycles. The second-order valence-corrected chi connectivity index (χ2v) is 5.23. The van der Waals surface area contributed by atoms with Crippen LogP contribution in [0.5, 0.6) is 0 Å². The third-order valence-electron chi connectivity index (χ3n) is 1.35. The van der Waals surface area contributed by atoms with Gasteiger partial charge in [-0.2, -0.15) is 16.9 Å². The van der Waals surface area contributed by atoms with Crippen LogP contribution in [-0.2, 0) is 6.54 Å². The van der Waals surface area contributed by atoms with Gasteiger partial charge in [0, 0.05) is 11.8 Å². The van der Waals surface area contributed by atoms with Crippen LogP contribution in [0.2, 0.25) is 0 Å². The molecule has 68 valence electrons. The summed E-state index contributed by atoms with van der Waals surface area (Å²) in [6.45, 7) is 3.13. The van der Waals surface area contributed by atoms with E-state index in [1.54, 1.807) is 0 Å². The third kappa shape index (κ3) is 3.11. The largest absolute Gasteiger partial charge is 0.257 e. The SMILES string of the molecule is CCSCCn1nc(Br)cc1Br. The first-order valence-corrected chi connectivity index (χ1v) is 6.44. The molecular formula is C7H10Br2N2S. The van der Waals surface area contributed by atoms with Crippen LogP contribution in [0.15, 0.2) is 15.3 Å². The summed E-state index contributed by atoms with van der Waals surface area (Å²) in [4.78, 5) is 0. The molecule has 0 fully saturated rings. The molecule has 0 aliphatic heterocycles. The smallest absolute Gasteiger partial charge is 0.129 e. The Morgan fingerprint density at radius 2 is 2.33 bits per heavy atom. The van der Waals surface area contributed by atoms with Crippen molar-refractivity contribution in [2.24, 2.45) is 0 Å².